The number of nitrogens with zero attached hydrogens (tertiary/aromatic N) is 1. The van der Waals surface area contributed by atoms with Gasteiger partial charge in [-0.25, -0.2) is 0 Å². The van der Waals surface area contributed by atoms with Gasteiger partial charge in [-0.3, -0.25) is 14.4 Å². The fraction of sp³-hybridized carbons (Fsp3) is 0.923. The van der Waals surface area contributed by atoms with E-state index < -0.39 is 24.1 Å². The van der Waals surface area contributed by atoms with Crippen LogP contribution in [0.3, 0.4) is 0 Å². The van der Waals surface area contributed by atoms with E-state index in [0.29, 0.717) is 6.42 Å². The molecule has 0 aromatic rings. The zero-order valence-corrected chi connectivity index (χ0v) is 32.0. The van der Waals surface area contributed by atoms with Crippen molar-refractivity contribution in [3.63, 3.8) is 0 Å². The lowest BCUT2D eigenvalue weighted by Crippen LogP contribution is -2.47. The van der Waals surface area contributed by atoms with Crippen molar-refractivity contribution in [2.45, 2.75) is 175 Å². The molecule has 48 heavy (non-hydrogen) atoms. The van der Waals surface area contributed by atoms with E-state index in [1.807, 2.05) is 0 Å². The molecule has 0 amide bonds. The molecule has 0 saturated heterocycles. The summed E-state index contributed by atoms with van der Waals surface area (Å²) in [6, 6.07) is 0. The van der Waals surface area contributed by atoms with Gasteiger partial charge < -0.3 is 28.9 Å². The summed E-state index contributed by atoms with van der Waals surface area (Å²) >= 11 is 0. The summed E-state index contributed by atoms with van der Waals surface area (Å²) in [7, 11) is 3.44. The third kappa shape index (κ3) is 30.4. The maximum Gasteiger partial charge on any atom is 0.314 e. The zero-order valence-electron chi connectivity index (χ0n) is 32.0. The maximum absolute atomic E-state index is 12.6. The zero-order chi connectivity index (χ0) is 36.0. The van der Waals surface area contributed by atoms with Crippen molar-refractivity contribution in [3.8, 4) is 0 Å². The Labute approximate surface area is 294 Å². The van der Waals surface area contributed by atoms with E-state index in [-0.39, 0.29) is 49.8 Å². The first kappa shape index (κ1) is 46.3. The highest BCUT2D eigenvalue weighted by atomic mass is 16.7. The molecule has 0 aromatic heterocycles. The van der Waals surface area contributed by atoms with E-state index >= 15 is 0 Å². The van der Waals surface area contributed by atoms with E-state index in [1.54, 1.807) is 14.1 Å². The van der Waals surface area contributed by atoms with Gasteiger partial charge in [0.15, 0.2) is 13.3 Å². The summed E-state index contributed by atoms with van der Waals surface area (Å²) in [6.45, 7) is 8.49. The Hall–Kier alpha value is -1.71. The standard InChI is InChI=1S/C39H75NO8/c1-33(2)25-21-17-13-9-7-11-15-19-23-27-36(42)46-31-38(47-30-35(39(44)45)29-40(5,6)32-41)48-37(43)28-24-20-16-12-8-10-14-18-22-26-34(3)4/h33-35,38,41H,7-32H2,1-6H3/p+1/t35-,38+/m0/s1. The van der Waals surface area contributed by atoms with E-state index in [4.69, 9.17) is 14.2 Å². The molecule has 0 unspecified atom stereocenters. The number of esters is 2. The van der Waals surface area contributed by atoms with Gasteiger partial charge in [-0.1, -0.05) is 143 Å². The van der Waals surface area contributed by atoms with Crippen LogP contribution in [0, 0.1) is 17.8 Å². The highest BCUT2D eigenvalue weighted by molar-refractivity contribution is 5.71. The van der Waals surface area contributed by atoms with Gasteiger partial charge in [-0.05, 0) is 24.7 Å². The summed E-state index contributed by atoms with van der Waals surface area (Å²) in [4.78, 5) is 36.9. The molecule has 0 heterocycles. The predicted molar refractivity (Wildman–Crippen MR) is 193 cm³/mol. The Morgan fingerprint density at radius 3 is 1.38 bits per heavy atom. The van der Waals surface area contributed by atoms with Crippen LogP contribution in [0.4, 0.5) is 0 Å². The number of carbonyl (C=O) groups is 3. The number of ether oxygens (including phenoxy) is 3. The number of aliphatic hydroxyl groups excluding tert-OH is 1. The van der Waals surface area contributed by atoms with Gasteiger partial charge in [0.05, 0.1) is 27.2 Å². The quantitative estimate of drug-likeness (QED) is 0.0298. The van der Waals surface area contributed by atoms with E-state index in [9.17, 15) is 24.6 Å². The second-order valence-electron chi connectivity index (χ2n) is 15.5. The topological polar surface area (TPSA) is 119 Å². The SMILES string of the molecule is CC(C)CCCCCCCCCCCC(=O)OC[C@H](OC[C@H](C[N+](C)(C)CO)C(=O)O)OC(=O)CCCCCCCCCCCC(C)C. The largest absolute Gasteiger partial charge is 0.481 e. The van der Waals surface area contributed by atoms with Crippen LogP contribution in [0.25, 0.3) is 0 Å². The number of aliphatic hydroxyl groups is 1. The van der Waals surface area contributed by atoms with E-state index in [0.717, 1.165) is 43.9 Å². The minimum atomic E-state index is -1.18. The minimum Gasteiger partial charge on any atom is -0.481 e. The van der Waals surface area contributed by atoms with E-state index in [1.165, 1.54) is 89.9 Å². The minimum absolute atomic E-state index is 0.0796. The second-order valence-corrected chi connectivity index (χ2v) is 15.5. The molecule has 0 aliphatic carbocycles. The number of hydrogen-bond acceptors (Lipinski definition) is 7. The molecule has 0 rings (SSSR count). The smallest absolute Gasteiger partial charge is 0.314 e. The number of hydrogen-bond donors (Lipinski definition) is 2. The van der Waals surface area contributed by atoms with Crippen LogP contribution in [-0.2, 0) is 28.6 Å². The molecule has 2 atom stereocenters. The molecule has 0 aliphatic heterocycles. The molecule has 9 nitrogen and oxygen atoms in total. The molecule has 0 fully saturated rings. The average Bonchev–Trinajstić information content (AvgIpc) is 3.02. The molecule has 9 heteroatoms. The van der Waals surface area contributed by atoms with Crippen molar-refractivity contribution in [2.24, 2.45) is 17.8 Å². The number of unbranched alkanes of at least 4 members (excludes halogenated alkanes) is 16. The molecule has 0 spiro atoms. The maximum atomic E-state index is 12.6. The van der Waals surface area contributed by atoms with Crippen LogP contribution < -0.4 is 0 Å². The summed E-state index contributed by atoms with van der Waals surface area (Å²) in [5.41, 5.74) is 0. The Bertz CT molecular complexity index is 801. The van der Waals surface area contributed by atoms with Crippen LogP contribution in [0.15, 0.2) is 0 Å². The van der Waals surface area contributed by atoms with Crippen LogP contribution >= 0.6 is 0 Å². The van der Waals surface area contributed by atoms with Gasteiger partial charge in [0, 0.05) is 12.8 Å². The first-order chi connectivity index (χ1) is 22.9. The Kier molecular flexibility index (Phi) is 29.1. The van der Waals surface area contributed by atoms with Crippen molar-refractivity contribution in [1.29, 1.82) is 0 Å². The Balaban J connectivity index is 4.51. The first-order valence-electron chi connectivity index (χ1n) is 19.5. The summed E-state index contributed by atoms with van der Waals surface area (Å²) < 4.78 is 16.7. The summed E-state index contributed by atoms with van der Waals surface area (Å²) in [5, 5.41) is 19.3. The average molecular weight is 687 g/mol. The third-order valence-corrected chi connectivity index (χ3v) is 8.90. The molecular weight excluding hydrogens is 610 g/mol. The first-order valence-corrected chi connectivity index (χ1v) is 19.5. The van der Waals surface area contributed by atoms with Crippen molar-refractivity contribution in [2.75, 3.05) is 40.6 Å². The number of quaternary nitrogens is 1. The molecule has 0 radical (unpaired) electrons. The number of aliphatic carboxylic acids is 1. The molecule has 2 N–H and O–H groups in total. The van der Waals surface area contributed by atoms with Gasteiger partial charge >= 0.3 is 17.9 Å². The van der Waals surface area contributed by atoms with Crippen LogP contribution in [0.5, 0.6) is 0 Å². The Morgan fingerprint density at radius 1 is 0.583 bits per heavy atom. The van der Waals surface area contributed by atoms with Crippen LogP contribution in [-0.4, -0.2) is 79.5 Å². The lowest BCUT2D eigenvalue weighted by Gasteiger charge is -2.30. The molecule has 0 bridgehead atoms. The van der Waals surface area contributed by atoms with Gasteiger partial charge in [0.1, 0.15) is 5.92 Å². The van der Waals surface area contributed by atoms with Gasteiger partial charge in [-0.2, -0.15) is 0 Å². The fourth-order valence-corrected chi connectivity index (χ4v) is 5.75. The fourth-order valence-electron chi connectivity index (χ4n) is 5.75. The van der Waals surface area contributed by atoms with Crippen LogP contribution in [0.1, 0.15) is 169 Å². The molecule has 0 aromatic carbocycles. The number of carboxylic acid groups (broad SMARTS) is 1. The lowest BCUT2D eigenvalue weighted by atomic mass is 10.0. The van der Waals surface area contributed by atoms with Crippen molar-refractivity contribution in [3.05, 3.63) is 0 Å². The van der Waals surface area contributed by atoms with Crippen molar-refractivity contribution in [1.82, 2.24) is 0 Å². The lowest BCUT2D eigenvalue weighted by molar-refractivity contribution is -0.911. The molecular formula is C39H76NO8+. The summed E-state index contributed by atoms with van der Waals surface area (Å²) in [5.74, 6) is -1.25. The third-order valence-electron chi connectivity index (χ3n) is 8.90. The number of rotatable bonds is 34. The van der Waals surface area contributed by atoms with Crippen molar-refractivity contribution >= 4 is 17.9 Å². The second kappa shape index (κ2) is 30.1. The van der Waals surface area contributed by atoms with Gasteiger partial charge in [0.2, 0.25) is 6.29 Å². The molecule has 0 aliphatic rings. The molecule has 284 valence electrons. The number of carbonyl (C=O) groups excluding carboxylic acids is 2. The van der Waals surface area contributed by atoms with E-state index in [2.05, 4.69) is 27.7 Å². The van der Waals surface area contributed by atoms with Gasteiger partial charge in [-0.15, -0.1) is 0 Å². The number of carboxylic acids is 1. The normalized spacial score (nSPS) is 13.2. The van der Waals surface area contributed by atoms with Crippen molar-refractivity contribution < 1.29 is 43.3 Å². The predicted octanol–water partition coefficient (Wildman–Crippen LogP) is 9.04. The highest BCUT2D eigenvalue weighted by Gasteiger charge is 2.29. The molecule has 0 saturated carbocycles. The van der Waals surface area contributed by atoms with Crippen LogP contribution in [0.2, 0.25) is 0 Å². The van der Waals surface area contributed by atoms with Gasteiger partial charge in [0.25, 0.3) is 0 Å². The highest BCUT2D eigenvalue weighted by Crippen LogP contribution is 2.16. The summed E-state index contributed by atoms with van der Waals surface area (Å²) in [6.07, 6.45) is 22.7. The monoisotopic (exact) mass is 687 g/mol. The Morgan fingerprint density at radius 2 is 0.979 bits per heavy atom.